The second kappa shape index (κ2) is 6.20. The van der Waals surface area contributed by atoms with Crippen molar-refractivity contribution in [2.45, 2.75) is 26.2 Å². The highest BCUT2D eigenvalue weighted by atomic mass is 15.1. The van der Waals surface area contributed by atoms with Crippen LogP contribution in [0.4, 0.5) is 0 Å². The third-order valence-electron chi connectivity index (χ3n) is 3.15. The molecule has 0 amide bonds. The molecule has 1 saturated heterocycles. The molecule has 0 saturated carbocycles. The largest absolute Gasteiger partial charge is 0.313 e. The van der Waals surface area contributed by atoms with E-state index in [9.17, 15) is 0 Å². The Bertz CT molecular complexity index is 169. The van der Waals surface area contributed by atoms with E-state index in [1.807, 2.05) is 0 Å². The molecule has 0 atom stereocenters. The number of nitrogens with one attached hydrogen (secondary N) is 1. The zero-order valence-electron chi connectivity index (χ0n) is 9.68. The first kappa shape index (κ1) is 11.7. The van der Waals surface area contributed by atoms with Gasteiger partial charge in [-0.1, -0.05) is 19.1 Å². The molecule has 0 unspecified atom stereocenters. The van der Waals surface area contributed by atoms with Crippen molar-refractivity contribution in [3.8, 4) is 0 Å². The molecule has 0 radical (unpaired) electrons. The van der Waals surface area contributed by atoms with Gasteiger partial charge in [-0.15, -0.1) is 0 Å². The molecule has 0 aromatic rings. The van der Waals surface area contributed by atoms with Crippen LogP contribution >= 0.6 is 0 Å². The number of likely N-dealkylation sites (tertiary alicyclic amines) is 1. The Morgan fingerprint density at radius 2 is 2.07 bits per heavy atom. The highest BCUT2D eigenvalue weighted by Gasteiger charge is 2.15. The van der Waals surface area contributed by atoms with Gasteiger partial charge in [0.2, 0.25) is 0 Å². The van der Waals surface area contributed by atoms with Crippen molar-refractivity contribution < 1.29 is 0 Å². The fourth-order valence-electron chi connectivity index (χ4n) is 1.84. The molecule has 0 spiro atoms. The topological polar surface area (TPSA) is 15.3 Å². The Balaban J connectivity index is 2.04. The summed E-state index contributed by atoms with van der Waals surface area (Å²) in [5.74, 6) is 0.885. The first-order valence-corrected chi connectivity index (χ1v) is 5.78. The Morgan fingerprint density at radius 3 is 2.64 bits per heavy atom. The highest BCUT2D eigenvalue weighted by molar-refractivity contribution is 4.95. The molecule has 1 aliphatic heterocycles. The summed E-state index contributed by atoms with van der Waals surface area (Å²) in [4.78, 5) is 2.42. The minimum absolute atomic E-state index is 0.885. The number of rotatable bonds is 5. The molecule has 1 rings (SSSR count). The van der Waals surface area contributed by atoms with Crippen molar-refractivity contribution in [3.05, 3.63) is 12.2 Å². The summed E-state index contributed by atoms with van der Waals surface area (Å²) >= 11 is 0. The summed E-state index contributed by atoms with van der Waals surface area (Å²) in [7, 11) is 2.21. The van der Waals surface area contributed by atoms with E-state index in [0.29, 0.717) is 0 Å². The van der Waals surface area contributed by atoms with Crippen LogP contribution in [0.25, 0.3) is 0 Å². The third kappa shape index (κ3) is 4.25. The molecule has 1 N–H and O–H groups in total. The molecule has 1 fully saturated rings. The second-order valence-corrected chi connectivity index (χ2v) is 4.48. The predicted octanol–water partition coefficient (Wildman–Crippen LogP) is 1.88. The zero-order valence-corrected chi connectivity index (χ0v) is 9.68. The molecule has 0 bridgehead atoms. The molecule has 0 aromatic carbocycles. The van der Waals surface area contributed by atoms with E-state index in [1.54, 1.807) is 0 Å². The van der Waals surface area contributed by atoms with Gasteiger partial charge in [-0.2, -0.15) is 0 Å². The lowest BCUT2D eigenvalue weighted by molar-refractivity contribution is 0.217. The maximum absolute atomic E-state index is 4.00. The van der Waals surface area contributed by atoms with Crippen molar-refractivity contribution in [2.75, 3.05) is 33.2 Å². The Kier molecular flexibility index (Phi) is 5.20. The van der Waals surface area contributed by atoms with Gasteiger partial charge in [-0.25, -0.2) is 0 Å². The summed E-state index contributed by atoms with van der Waals surface area (Å²) in [6.45, 7) is 10.9. The van der Waals surface area contributed by atoms with Gasteiger partial charge in [-0.05, 0) is 51.9 Å². The van der Waals surface area contributed by atoms with Crippen molar-refractivity contribution in [2.24, 2.45) is 5.92 Å². The van der Waals surface area contributed by atoms with Crippen LogP contribution in [-0.4, -0.2) is 38.1 Å². The molecule has 0 aliphatic carbocycles. The standard InChI is InChI=1S/C12H24N2/c1-4-11(2)9-13-10-12-5-7-14(3)8-6-12/h12-13H,2,4-10H2,1,3H3. The van der Waals surface area contributed by atoms with Gasteiger partial charge in [0, 0.05) is 6.54 Å². The fraction of sp³-hybridized carbons (Fsp3) is 0.833. The van der Waals surface area contributed by atoms with Gasteiger partial charge in [0.05, 0.1) is 0 Å². The van der Waals surface area contributed by atoms with E-state index in [0.717, 1.165) is 18.9 Å². The van der Waals surface area contributed by atoms with Crippen LogP contribution in [0.3, 0.4) is 0 Å². The first-order chi connectivity index (χ1) is 6.72. The molecule has 2 nitrogen and oxygen atoms in total. The molecule has 0 aromatic heterocycles. The molecule has 82 valence electrons. The average Bonchev–Trinajstić information content (AvgIpc) is 2.21. The SMILES string of the molecule is C=C(CC)CNCC1CCN(C)CC1. The summed E-state index contributed by atoms with van der Waals surface area (Å²) in [6.07, 6.45) is 3.80. The number of piperidine rings is 1. The quantitative estimate of drug-likeness (QED) is 0.675. The monoisotopic (exact) mass is 196 g/mol. The number of hydrogen-bond donors (Lipinski definition) is 1. The van der Waals surface area contributed by atoms with Crippen LogP contribution in [0, 0.1) is 5.92 Å². The molecular formula is C12H24N2. The molecular weight excluding hydrogens is 172 g/mol. The first-order valence-electron chi connectivity index (χ1n) is 5.78. The molecule has 1 heterocycles. The van der Waals surface area contributed by atoms with E-state index in [2.05, 4.69) is 30.8 Å². The number of hydrogen-bond acceptors (Lipinski definition) is 2. The Morgan fingerprint density at radius 1 is 1.43 bits per heavy atom. The van der Waals surface area contributed by atoms with Gasteiger partial charge in [0.25, 0.3) is 0 Å². The lowest BCUT2D eigenvalue weighted by atomic mass is 9.97. The summed E-state index contributed by atoms with van der Waals surface area (Å²) in [6, 6.07) is 0. The van der Waals surface area contributed by atoms with Gasteiger partial charge in [0.15, 0.2) is 0 Å². The lowest BCUT2D eigenvalue weighted by Crippen LogP contribution is -2.35. The number of nitrogens with zero attached hydrogens (tertiary/aromatic N) is 1. The van der Waals surface area contributed by atoms with Crippen LogP contribution < -0.4 is 5.32 Å². The summed E-state index contributed by atoms with van der Waals surface area (Å²) in [5, 5.41) is 3.50. The van der Waals surface area contributed by atoms with Crippen LogP contribution in [-0.2, 0) is 0 Å². The van der Waals surface area contributed by atoms with E-state index < -0.39 is 0 Å². The summed E-state index contributed by atoms with van der Waals surface area (Å²) in [5.41, 5.74) is 1.32. The van der Waals surface area contributed by atoms with Crippen LogP contribution in [0.15, 0.2) is 12.2 Å². The van der Waals surface area contributed by atoms with Gasteiger partial charge >= 0.3 is 0 Å². The second-order valence-electron chi connectivity index (χ2n) is 4.48. The smallest absolute Gasteiger partial charge is 0.0161 e. The van der Waals surface area contributed by atoms with Crippen LogP contribution in [0.5, 0.6) is 0 Å². The minimum atomic E-state index is 0.885. The van der Waals surface area contributed by atoms with Crippen LogP contribution in [0.2, 0.25) is 0 Å². The van der Waals surface area contributed by atoms with E-state index >= 15 is 0 Å². The predicted molar refractivity (Wildman–Crippen MR) is 62.5 cm³/mol. The van der Waals surface area contributed by atoms with E-state index in [-0.39, 0.29) is 0 Å². The summed E-state index contributed by atoms with van der Waals surface area (Å²) < 4.78 is 0. The molecule has 14 heavy (non-hydrogen) atoms. The normalized spacial score (nSPS) is 19.9. The average molecular weight is 196 g/mol. The van der Waals surface area contributed by atoms with Crippen molar-refractivity contribution in [3.63, 3.8) is 0 Å². The van der Waals surface area contributed by atoms with Gasteiger partial charge in [0.1, 0.15) is 0 Å². The Hall–Kier alpha value is -0.340. The van der Waals surface area contributed by atoms with Gasteiger partial charge in [-0.3, -0.25) is 0 Å². The third-order valence-corrected chi connectivity index (χ3v) is 3.15. The van der Waals surface area contributed by atoms with Crippen molar-refractivity contribution in [1.82, 2.24) is 10.2 Å². The van der Waals surface area contributed by atoms with Gasteiger partial charge < -0.3 is 10.2 Å². The van der Waals surface area contributed by atoms with Crippen molar-refractivity contribution >= 4 is 0 Å². The maximum Gasteiger partial charge on any atom is 0.0161 e. The Labute approximate surface area is 88.4 Å². The van der Waals surface area contributed by atoms with E-state index in [1.165, 1.54) is 38.0 Å². The fourth-order valence-corrected chi connectivity index (χ4v) is 1.84. The van der Waals surface area contributed by atoms with Crippen molar-refractivity contribution in [1.29, 1.82) is 0 Å². The molecule has 2 heteroatoms. The minimum Gasteiger partial charge on any atom is -0.313 e. The van der Waals surface area contributed by atoms with E-state index in [4.69, 9.17) is 0 Å². The zero-order chi connectivity index (χ0) is 10.4. The highest BCUT2D eigenvalue weighted by Crippen LogP contribution is 2.14. The van der Waals surface area contributed by atoms with Crippen LogP contribution in [0.1, 0.15) is 26.2 Å². The lowest BCUT2D eigenvalue weighted by Gasteiger charge is -2.29. The maximum atomic E-state index is 4.00. The molecule has 1 aliphatic rings.